The second-order valence-electron chi connectivity index (χ2n) is 11.4. The van der Waals surface area contributed by atoms with Gasteiger partial charge >= 0.3 is 18.1 Å². The average molecular weight is 628 g/mol. The van der Waals surface area contributed by atoms with Gasteiger partial charge in [-0.2, -0.15) is 0 Å². The van der Waals surface area contributed by atoms with E-state index in [-0.39, 0.29) is 37.5 Å². The fourth-order valence-corrected chi connectivity index (χ4v) is 5.16. The predicted molar refractivity (Wildman–Crippen MR) is 179 cm³/mol. The smallest absolute Gasteiger partial charge is 0.412 e. The molecule has 10 heteroatoms. The highest BCUT2D eigenvalue weighted by atomic mass is 16.5. The summed E-state index contributed by atoms with van der Waals surface area (Å²) in [6.07, 6.45) is 2.52. The third-order valence-corrected chi connectivity index (χ3v) is 7.39. The van der Waals surface area contributed by atoms with E-state index in [0.717, 1.165) is 27.3 Å². The number of hydrogen-bond acceptors (Lipinski definition) is 8. The van der Waals surface area contributed by atoms with Crippen LogP contribution in [0.25, 0.3) is 21.7 Å². The monoisotopic (exact) mass is 627 g/mol. The number of nitrogens with zero attached hydrogens (tertiary/aromatic N) is 3. The van der Waals surface area contributed by atoms with Crippen LogP contribution < -0.4 is 10.1 Å². The van der Waals surface area contributed by atoms with Gasteiger partial charge in [0, 0.05) is 35.4 Å². The highest BCUT2D eigenvalue weighted by Gasteiger charge is 2.20. The molecule has 0 bridgehead atoms. The summed E-state index contributed by atoms with van der Waals surface area (Å²) in [6.45, 7) is 4.49. The van der Waals surface area contributed by atoms with Crippen LogP contribution >= 0.6 is 0 Å². The first-order valence-corrected chi connectivity index (χ1v) is 15.2. The lowest BCUT2D eigenvalue weighted by molar-refractivity contribution is 0.0461. The third kappa shape index (κ3) is 7.45. The topological polar surface area (TPSA) is 128 Å². The minimum Gasteiger partial charge on any atom is -0.456 e. The van der Waals surface area contributed by atoms with Gasteiger partial charge in [-0.05, 0) is 58.1 Å². The minimum absolute atomic E-state index is 0.114. The van der Waals surface area contributed by atoms with Gasteiger partial charge in [0.15, 0.2) is 0 Å². The summed E-state index contributed by atoms with van der Waals surface area (Å²) in [5.74, 6) is 0.0905. The standard InChI is InChI=1S/C37H33N5O5/c1-24(2)22-46-37(44)41-34(38)28-14-13-27-19-33(35(43)45-23-25-9-4-3-5-10-25)42(32(27)20-28)21-29-18-30(47-36-39-15-8-16-40-36)17-26-11-6-7-12-31(26)29/h3-20,24H,21-23H2,1-2H3,(H2,38,41,44). The molecule has 2 heterocycles. The van der Waals surface area contributed by atoms with Crippen molar-refractivity contribution in [2.45, 2.75) is 27.0 Å². The van der Waals surface area contributed by atoms with Gasteiger partial charge in [-0.15, -0.1) is 0 Å². The highest BCUT2D eigenvalue weighted by Crippen LogP contribution is 2.31. The van der Waals surface area contributed by atoms with Gasteiger partial charge in [0.25, 0.3) is 0 Å². The number of carbonyl (C=O) groups excluding carboxylic acids is 2. The summed E-state index contributed by atoms with van der Waals surface area (Å²) in [5.41, 5.74) is 3.21. The molecule has 0 fully saturated rings. The van der Waals surface area contributed by atoms with Crippen LogP contribution in [0.4, 0.5) is 4.79 Å². The summed E-state index contributed by atoms with van der Waals surface area (Å²) >= 11 is 0. The molecule has 6 aromatic rings. The number of hydrogen-bond donors (Lipinski definition) is 2. The molecule has 2 N–H and O–H groups in total. The Balaban J connectivity index is 1.39. The van der Waals surface area contributed by atoms with Gasteiger partial charge in [0.2, 0.25) is 0 Å². The predicted octanol–water partition coefficient (Wildman–Crippen LogP) is 7.49. The van der Waals surface area contributed by atoms with E-state index in [2.05, 4.69) is 15.3 Å². The number of fused-ring (bicyclic) bond motifs is 2. The van der Waals surface area contributed by atoms with Crippen molar-refractivity contribution < 1.29 is 23.8 Å². The van der Waals surface area contributed by atoms with E-state index in [0.29, 0.717) is 22.5 Å². The van der Waals surface area contributed by atoms with Gasteiger partial charge in [0.05, 0.1) is 6.61 Å². The summed E-state index contributed by atoms with van der Waals surface area (Å²) in [4.78, 5) is 34.4. The van der Waals surface area contributed by atoms with E-state index in [1.807, 2.05) is 91.2 Å². The van der Waals surface area contributed by atoms with Gasteiger partial charge in [-0.3, -0.25) is 10.7 Å². The molecule has 0 aliphatic heterocycles. The molecule has 0 saturated heterocycles. The van der Waals surface area contributed by atoms with Gasteiger partial charge in [-0.1, -0.05) is 80.6 Å². The largest absolute Gasteiger partial charge is 0.456 e. The van der Waals surface area contributed by atoms with E-state index in [9.17, 15) is 9.59 Å². The number of amides is 1. The number of esters is 1. The Morgan fingerprint density at radius 2 is 1.62 bits per heavy atom. The zero-order valence-corrected chi connectivity index (χ0v) is 26.0. The van der Waals surface area contributed by atoms with E-state index < -0.39 is 12.1 Å². The van der Waals surface area contributed by atoms with Gasteiger partial charge < -0.3 is 18.8 Å². The molecule has 0 saturated carbocycles. The zero-order valence-electron chi connectivity index (χ0n) is 26.0. The molecular weight excluding hydrogens is 594 g/mol. The second kappa shape index (κ2) is 13.9. The van der Waals surface area contributed by atoms with Crippen molar-refractivity contribution in [1.82, 2.24) is 19.9 Å². The summed E-state index contributed by atoms with van der Waals surface area (Å²) in [5, 5.41) is 13.7. The first kappa shape index (κ1) is 31.0. The van der Waals surface area contributed by atoms with Crippen molar-refractivity contribution in [1.29, 1.82) is 5.41 Å². The van der Waals surface area contributed by atoms with Crippen molar-refractivity contribution in [3.05, 3.63) is 132 Å². The Morgan fingerprint density at radius 1 is 0.851 bits per heavy atom. The van der Waals surface area contributed by atoms with Crippen molar-refractivity contribution >= 4 is 39.6 Å². The third-order valence-electron chi connectivity index (χ3n) is 7.39. The lowest BCUT2D eigenvalue weighted by Crippen LogP contribution is -2.31. The molecule has 2 aromatic heterocycles. The van der Waals surface area contributed by atoms with Crippen molar-refractivity contribution in [2.24, 2.45) is 5.92 Å². The average Bonchev–Trinajstić information content (AvgIpc) is 3.44. The fourth-order valence-electron chi connectivity index (χ4n) is 5.16. The molecular formula is C37H33N5O5. The van der Waals surface area contributed by atoms with Crippen molar-refractivity contribution in [3.8, 4) is 11.8 Å². The number of ether oxygens (including phenoxy) is 3. The van der Waals surface area contributed by atoms with Crippen LogP contribution in [0, 0.1) is 11.3 Å². The fraction of sp³-hybridized carbons (Fsp3) is 0.162. The Hall–Kier alpha value is -6.03. The van der Waals surface area contributed by atoms with Crippen LogP contribution in [0.3, 0.4) is 0 Å². The molecule has 47 heavy (non-hydrogen) atoms. The Kier molecular flexibility index (Phi) is 9.19. The molecule has 0 aliphatic rings. The minimum atomic E-state index is -0.699. The number of amidine groups is 1. The zero-order chi connectivity index (χ0) is 32.8. The highest BCUT2D eigenvalue weighted by molar-refractivity contribution is 6.07. The summed E-state index contributed by atoms with van der Waals surface area (Å²) in [7, 11) is 0. The maximum Gasteiger partial charge on any atom is 0.412 e. The maximum absolute atomic E-state index is 13.7. The number of nitrogens with one attached hydrogen (secondary N) is 2. The van der Waals surface area contributed by atoms with Gasteiger partial charge in [-0.25, -0.2) is 19.6 Å². The Morgan fingerprint density at radius 3 is 2.40 bits per heavy atom. The lowest BCUT2D eigenvalue weighted by atomic mass is 10.0. The molecule has 0 radical (unpaired) electrons. The number of benzene rings is 4. The van der Waals surface area contributed by atoms with Crippen molar-refractivity contribution in [3.63, 3.8) is 0 Å². The number of alkyl carbamates (subject to hydrolysis) is 1. The molecule has 4 aromatic carbocycles. The van der Waals surface area contributed by atoms with Crippen LogP contribution in [0.15, 0.2) is 109 Å². The van der Waals surface area contributed by atoms with Crippen LogP contribution in [0.2, 0.25) is 0 Å². The van der Waals surface area contributed by atoms with Crippen LogP contribution in [-0.2, 0) is 22.6 Å². The Labute approximate surface area is 271 Å². The van der Waals surface area contributed by atoms with Gasteiger partial charge in [0.1, 0.15) is 23.9 Å². The van der Waals surface area contributed by atoms with Crippen molar-refractivity contribution in [2.75, 3.05) is 6.61 Å². The maximum atomic E-state index is 13.7. The normalized spacial score (nSPS) is 11.0. The first-order chi connectivity index (χ1) is 22.8. The van der Waals surface area contributed by atoms with E-state index in [4.69, 9.17) is 19.6 Å². The van der Waals surface area contributed by atoms with Crippen LogP contribution in [0.1, 0.15) is 41.0 Å². The summed E-state index contributed by atoms with van der Waals surface area (Å²) in [6, 6.07) is 30.2. The lowest BCUT2D eigenvalue weighted by Gasteiger charge is -2.15. The van der Waals surface area contributed by atoms with Crippen LogP contribution in [-0.4, -0.2) is 39.0 Å². The Bertz CT molecular complexity index is 2060. The number of aromatic nitrogens is 3. The molecule has 6 rings (SSSR count). The molecule has 1 amide bonds. The quantitative estimate of drug-likeness (QED) is 0.0915. The molecule has 10 nitrogen and oxygen atoms in total. The SMILES string of the molecule is CC(C)COC(=O)NC(=N)c1ccc2cc(C(=O)OCc3ccccc3)n(Cc3cc(Oc4ncccn4)cc4ccccc34)c2c1. The molecule has 0 unspecified atom stereocenters. The molecule has 236 valence electrons. The van der Waals surface area contributed by atoms with E-state index >= 15 is 0 Å². The van der Waals surface area contributed by atoms with Crippen LogP contribution in [0.5, 0.6) is 11.8 Å². The van der Waals surface area contributed by atoms with E-state index in [1.165, 1.54) is 0 Å². The molecule has 0 aliphatic carbocycles. The number of carbonyl (C=O) groups is 2. The van der Waals surface area contributed by atoms with E-state index in [1.54, 1.807) is 36.7 Å². The molecule has 0 spiro atoms. The first-order valence-electron chi connectivity index (χ1n) is 15.2. The molecule has 0 atom stereocenters. The second-order valence-corrected chi connectivity index (χ2v) is 11.4. The number of rotatable bonds is 10. The summed E-state index contributed by atoms with van der Waals surface area (Å²) < 4.78 is 18.9.